The van der Waals surface area contributed by atoms with E-state index in [4.69, 9.17) is 28.9 Å². The second-order valence-corrected chi connectivity index (χ2v) is 12.7. The molecule has 0 fully saturated rings. The van der Waals surface area contributed by atoms with Crippen LogP contribution in [0, 0.1) is 11.3 Å². The van der Waals surface area contributed by atoms with Crippen LogP contribution < -0.4 is 11.1 Å². The first-order chi connectivity index (χ1) is 18.6. The van der Waals surface area contributed by atoms with Crippen molar-refractivity contribution in [1.29, 1.82) is 0 Å². The summed E-state index contributed by atoms with van der Waals surface area (Å²) in [6, 6.07) is 6.32. The molecular weight excluding hydrogens is 586 g/mol. The summed E-state index contributed by atoms with van der Waals surface area (Å²) in [5.41, 5.74) is 5.44. The van der Waals surface area contributed by atoms with Gasteiger partial charge in [-0.05, 0) is 54.4 Å². The molecule has 0 saturated heterocycles. The molecule has 0 saturated carbocycles. The number of benzene rings is 1. The first kappa shape index (κ1) is 28.4. The normalized spacial score (nSPS) is 15.8. The van der Waals surface area contributed by atoms with Gasteiger partial charge in [-0.1, -0.05) is 50.0 Å². The summed E-state index contributed by atoms with van der Waals surface area (Å²) in [6.07, 6.45) is -2.54. The molecule has 1 aliphatic rings. The molecule has 13 heteroatoms. The molecule has 0 aliphatic heterocycles. The van der Waals surface area contributed by atoms with Crippen molar-refractivity contribution in [2.45, 2.75) is 46.2 Å². The van der Waals surface area contributed by atoms with Gasteiger partial charge in [0, 0.05) is 16.5 Å². The smallest absolute Gasteiger partial charge is 0.365 e. The molecule has 0 spiro atoms. The lowest BCUT2D eigenvalue weighted by Gasteiger charge is -2.33. The van der Waals surface area contributed by atoms with E-state index >= 15 is 0 Å². The zero-order chi connectivity index (χ0) is 29.1. The van der Waals surface area contributed by atoms with Crippen LogP contribution in [0.1, 0.15) is 64.2 Å². The fourth-order valence-electron chi connectivity index (χ4n) is 4.93. The van der Waals surface area contributed by atoms with Crippen LogP contribution in [-0.2, 0) is 19.0 Å². The lowest BCUT2D eigenvalue weighted by molar-refractivity contribution is -0.142. The van der Waals surface area contributed by atoms with E-state index in [1.807, 2.05) is 0 Å². The van der Waals surface area contributed by atoms with Gasteiger partial charge in [-0.3, -0.25) is 9.59 Å². The quantitative estimate of drug-likeness (QED) is 0.254. The average molecular weight is 610 g/mol. The van der Waals surface area contributed by atoms with Crippen LogP contribution in [0.15, 0.2) is 30.3 Å². The molecule has 5 rings (SSSR count). The van der Waals surface area contributed by atoms with Gasteiger partial charge < -0.3 is 11.1 Å². The van der Waals surface area contributed by atoms with E-state index in [1.54, 1.807) is 0 Å². The van der Waals surface area contributed by atoms with Gasteiger partial charge in [-0.2, -0.15) is 18.3 Å². The molecule has 7 nitrogen and oxygen atoms in total. The monoisotopic (exact) mass is 609 g/mol. The van der Waals surface area contributed by atoms with Crippen LogP contribution in [0.2, 0.25) is 10.0 Å². The van der Waals surface area contributed by atoms with E-state index in [0.29, 0.717) is 22.4 Å². The number of rotatable bonds is 4. The molecule has 0 bridgehead atoms. The fraction of sp³-hybridized carbons (Fsp3) is 0.333. The number of nitrogens with one attached hydrogen (secondary N) is 1. The van der Waals surface area contributed by atoms with E-state index in [2.05, 4.69) is 36.2 Å². The maximum atomic E-state index is 14.0. The highest BCUT2D eigenvalue weighted by atomic mass is 35.5. The number of alkyl halides is 3. The Morgan fingerprint density at radius 1 is 1.12 bits per heavy atom. The van der Waals surface area contributed by atoms with Crippen molar-refractivity contribution in [3.8, 4) is 11.3 Å². The average Bonchev–Trinajstić information content (AvgIpc) is 3.44. The van der Waals surface area contributed by atoms with Gasteiger partial charge in [0.2, 0.25) is 0 Å². The first-order valence-corrected chi connectivity index (χ1v) is 13.9. The standard InChI is InChI=1S/C27H24Cl2F3N5O2S/c1-26(2,3)13-5-6-14-19(9-13)40-25(22(14)23(33)38)35-24(39)18-11-21-34-17(12-4-7-15(28)16(29)8-12)10-20(27(30,31)32)37(21)36-18/h4,7-8,10-11,13H,5-6,9H2,1-3H3,(H2,33,38)(H,35,39)/t13-/m1/s1. The van der Waals surface area contributed by atoms with Crippen molar-refractivity contribution in [3.63, 3.8) is 0 Å². The van der Waals surface area contributed by atoms with Crippen molar-refractivity contribution < 1.29 is 22.8 Å². The summed E-state index contributed by atoms with van der Waals surface area (Å²) in [7, 11) is 0. The van der Waals surface area contributed by atoms with Crippen LogP contribution in [0.25, 0.3) is 16.9 Å². The number of carbonyl (C=O) groups is 2. The Hall–Kier alpha value is -3.15. The number of fused-ring (bicyclic) bond motifs is 2. The predicted molar refractivity (Wildman–Crippen MR) is 149 cm³/mol. The molecule has 40 heavy (non-hydrogen) atoms. The molecule has 1 aliphatic carbocycles. The largest absolute Gasteiger partial charge is 0.433 e. The first-order valence-electron chi connectivity index (χ1n) is 12.3. The summed E-state index contributed by atoms with van der Waals surface area (Å²) >= 11 is 13.3. The molecule has 1 atom stereocenters. The van der Waals surface area contributed by atoms with E-state index in [-0.39, 0.29) is 43.1 Å². The van der Waals surface area contributed by atoms with E-state index in [1.165, 1.54) is 29.5 Å². The zero-order valence-corrected chi connectivity index (χ0v) is 23.9. The zero-order valence-electron chi connectivity index (χ0n) is 21.6. The topological polar surface area (TPSA) is 102 Å². The van der Waals surface area contributed by atoms with E-state index in [9.17, 15) is 22.8 Å². The Bertz CT molecular complexity index is 1670. The van der Waals surface area contributed by atoms with Crippen molar-refractivity contribution in [3.05, 3.63) is 67.8 Å². The van der Waals surface area contributed by atoms with E-state index in [0.717, 1.165) is 35.4 Å². The number of aromatic nitrogens is 3. The number of anilines is 1. The van der Waals surface area contributed by atoms with Crippen LogP contribution in [0.4, 0.5) is 18.2 Å². The summed E-state index contributed by atoms with van der Waals surface area (Å²) in [4.78, 5) is 30.8. The third-order valence-electron chi connectivity index (χ3n) is 7.13. The lowest BCUT2D eigenvalue weighted by Crippen LogP contribution is -2.27. The van der Waals surface area contributed by atoms with Crippen LogP contribution in [0.3, 0.4) is 0 Å². The van der Waals surface area contributed by atoms with Crippen molar-refractivity contribution in [1.82, 2.24) is 14.6 Å². The third kappa shape index (κ3) is 5.29. The molecule has 4 aromatic rings. The summed E-state index contributed by atoms with van der Waals surface area (Å²) in [6.45, 7) is 6.48. The highest BCUT2D eigenvalue weighted by Crippen LogP contribution is 2.44. The van der Waals surface area contributed by atoms with Gasteiger partial charge in [0.05, 0.1) is 21.3 Å². The molecule has 3 N–H and O–H groups in total. The van der Waals surface area contributed by atoms with Gasteiger partial charge in [-0.15, -0.1) is 11.3 Å². The predicted octanol–water partition coefficient (Wildman–Crippen LogP) is 7.29. The Labute approximate surface area is 241 Å². The summed E-state index contributed by atoms with van der Waals surface area (Å²) in [5, 5.41) is 7.22. The molecule has 0 unspecified atom stereocenters. The number of carbonyl (C=O) groups excluding carboxylic acids is 2. The highest BCUT2D eigenvalue weighted by Gasteiger charge is 2.36. The maximum Gasteiger partial charge on any atom is 0.433 e. The molecule has 0 radical (unpaired) electrons. The van der Waals surface area contributed by atoms with Crippen molar-refractivity contribution in [2.24, 2.45) is 17.1 Å². The molecule has 2 amide bonds. The number of hydrogen-bond acceptors (Lipinski definition) is 5. The Morgan fingerprint density at radius 3 is 2.48 bits per heavy atom. The van der Waals surface area contributed by atoms with Gasteiger partial charge in [-0.25, -0.2) is 9.50 Å². The minimum atomic E-state index is -4.80. The molecule has 210 valence electrons. The van der Waals surface area contributed by atoms with Gasteiger partial charge in [0.15, 0.2) is 17.0 Å². The maximum absolute atomic E-state index is 14.0. The molecule has 3 aromatic heterocycles. The van der Waals surface area contributed by atoms with Gasteiger partial charge in [0.1, 0.15) is 5.00 Å². The van der Waals surface area contributed by atoms with Crippen LogP contribution in [-0.4, -0.2) is 26.4 Å². The number of thiophene rings is 1. The minimum Gasteiger partial charge on any atom is -0.365 e. The Morgan fingerprint density at radius 2 is 1.85 bits per heavy atom. The van der Waals surface area contributed by atoms with Crippen LogP contribution in [0.5, 0.6) is 0 Å². The summed E-state index contributed by atoms with van der Waals surface area (Å²) < 4.78 is 42.6. The Kier molecular flexibility index (Phi) is 7.12. The van der Waals surface area contributed by atoms with Gasteiger partial charge >= 0.3 is 6.18 Å². The fourth-order valence-corrected chi connectivity index (χ4v) is 6.56. The number of hydrogen-bond donors (Lipinski definition) is 2. The highest BCUT2D eigenvalue weighted by molar-refractivity contribution is 7.17. The van der Waals surface area contributed by atoms with Crippen LogP contribution >= 0.6 is 34.5 Å². The third-order valence-corrected chi connectivity index (χ3v) is 9.04. The SMILES string of the molecule is CC(C)(C)[C@@H]1CCc2c(sc(NC(=O)c3cc4nc(-c5ccc(Cl)c(Cl)c5)cc(C(F)(F)F)n4n3)c2C(N)=O)C1. The summed E-state index contributed by atoms with van der Waals surface area (Å²) in [5.74, 6) is -1.08. The molecule has 1 aromatic carbocycles. The molecular formula is C27H24Cl2F3N5O2S. The minimum absolute atomic E-state index is 0.0272. The number of nitrogens with two attached hydrogens (primary N) is 1. The second kappa shape index (κ2) is 10.0. The van der Waals surface area contributed by atoms with Crippen molar-refractivity contribution in [2.75, 3.05) is 5.32 Å². The second-order valence-electron chi connectivity index (χ2n) is 10.8. The number of amides is 2. The van der Waals surface area contributed by atoms with Gasteiger partial charge in [0.25, 0.3) is 11.8 Å². The number of nitrogens with zero attached hydrogens (tertiary/aromatic N) is 3. The van der Waals surface area contributed by atoms with Crippen molar-refractivity contribution >= 4 is 57.0 Å². The Balaban J connectivity index is 1.53. The number of primary amides is 1. The molecule has 3 heterocycles. The lowest BCUT2D eigenvalue weighted by atomic mass is 9.72. The van der Waals surface area contributed by atoms with E-state index < -0.39 is 23.7 Å². The number of halogens is 5.